The van der Waals surface area contributed by atoms with Gasteiger partial charge in [0.2, 0.25) is 0 Å². The lowest BCUT2D eigenvalue weighted by Gasteiger charge is -2.32. The molecule has 7 nitrogen and oxygen atoms in total. The van der Waals surface area contributed by atoms with E-state index in [-0.39, 0.29) is 17.2 Å². The summed E-state index contributed by atoms with van der Waals surface area (Å²) in [5, 5.41) is 14.6. The predicted molar refractivity (Wildman–Crippen MR) is 88.6 cm³/mol. The number of rotatable bonds is 7. The molecular weight excluding hydrogens is 355 g/mol. The third-order valence-electron chi connectivity index (χ3n) is 4.26. The molecular formula is C16H22F3N3O4. The van der Waals surface area contributed by atoms with Gasteiger partial charge >= 0.3 is 6.18 Å². The molecule has 1 N–H and O–H groups in total. The van der Waals surface area contributed by atoms with Crippen molar-refractivity contribution in [1.82, 2.24) is 10.2 Å². The van der Waals surface area contributed by atoms with Crippen LogP contribution in [0.3, 0.4) is 0 Å². The summed E-state index contributed by atoms with van der Waals surface area (Å²) in [5.41, 5.74) is 0.0949. The van der Waals surface area contributed by atoms with E-state index in [1.165, 1.54) is 13.2 Å². The Labute approximate surface area is 149 Å². The smallest absolute Gasteiger partial charge is 0.422 e. The maximum atomic E-state index is 12.4. The fourth-order valence-electron chi connectivity index (χ4n) is 3.00. The summed E-state index contributed by atoms with van der Waals surface area (Å²) in [6.07, 6.45) is -2.56. The third-order valence-corrected chi connectivity index (χ3v) is 4.26. The van der Waals surface area contributed by atoms with Crippen LogP contribution in [0.5, 0.6) is 11.5 Å². The Morgan fingerprint density at radius 2 is 2.12 bits per heavy atom. The summed E-state index contributed by atoms with van der Waals surface area (Å²) in [5.74, 6) is -0.260. The highest BCUT2D eigenvalue weighted by atomic mass is 19.4. The predicted octanol–water partition coefficient (Wildman–Crippen LogP) is 2.73. The van der Waals surface area contributed by atoms with Gasteiger partial charge in [0, 0.05) is 24.7 Å². The molecule has 0 aliphatic carbocycles. The molecule has 1 atom stereocenters. The lowest BCUT2D eigenvalue weighted by atomic mass is 10.0. The maximum Gasteiger partial charge on any atom is 0.422 e. The van der Waals surface area contributed by atoms with Gasteiger partial charge in [0.1, 0.15) is 0 Å². The van der Waals surface area contributed by atoms with Crippen molar-refractivity contribution in [2.75, 3.05) is 33.9 Å². The van der Waals surface area contributed by atoms with Crippen LogP contribution >= 0.6 is 0 Å². The molecule has 0 bridgehead atoms. The Kier molecular flexibility index (Phi) is 6.65. The molecule has 1 aliphatic rings. The van der Waals surface area contributed by atoms with E-state index < -0.39 is 17.7 Å². The van der Waals surface area contributed by atoms with Gasteiger partial charge in [-0.2, -0.15) is 13.2 Å². The van der Waals surface area contributed by atoms with Crippen LogP contribution in [0, 0.1) is 10.1 Å². The monoisotopic (exact) mass is 377 g/mol. The summed E-state index contributed by atoms with van der Waals surface area (Å²) < 4.78 is 46.9. The SMILES string of the molecule is CNC1CCCN(Cc2cc(OC)c(OCC(F)(F)F)cc2[N+](=O)[O-])C1. The van der Waals surface area contributed by atoms with Gasteiger partial charge in [-0.05, 0) is 32.5 Å². The molecule has 1 aliphatic heterocycles. The minimum Gasteiger partial charge on any atom is -0.493 e. The van der Waals surface area contributed by atoms with Gasteiger partial charge in [-0.25, -0.2) is 0 Å². The topological polar surface area (TPSA) is 76.9 Å². The molecule has 0 spiro atoms. The minimum atomic E-state index is -4.55. The van der Waals surface area contributed by atoms with E-state index in [0.717, 1.165) is 32.0 Å². The van der Waals surface area contributed by atoms with Gasteiger partial charge in [0.15, 0.2) is 18.1 Å². The highest BCUT2D eigenvalue weighted by Crippen LogP contribution is 2.36. The molecule has 26 heavy (non-hydrogen) atoms. The molecule has 1 saturated heterocycles. The fourth-order valence-corrected chi connectivity index (χ4v) is 3.00. The van der Waals surface area contributed by atoms with Crippen LogP contribution in [0.2, 0.25) is 0 Å². The van der Waals surface area contributed by atoms with E-state index in [0.29, 0.717) is 18.2 Å². The van der Waals surface area contributed by atoms with E-state index in [1.807, 2.05) is 7.05 Å². The maximum absolute atomic E-state index is 12.4. The van der Waals surface area contributed by atoms with Crippen LogP contribution in [-0.2, 0) is 6.54 Å². The van der Waals surface area contributed by atoms with Gasteiger partial charge in [-0.15, -0.1) is 0 Å². The number of methoxy groups -OCH3 is 1. The lowest BCUT2D eigenvalue weighted by Crippen LogP contribution is -2.43. The second kappa shape index (κ2) is 8.54. The zero-order chi connectivity index (χ0) is 19.3. The number of likely N-dealkylation sites (tertiary alicyclic amines) is 1. The number of alkyl halides is 3. The molecule has 1 aromatic rings. The molecule has 1 heterocycles. The first kappa shape index (κ1) is 20.2. The minimum absolute atomic E-state index is 0.0389. The number of hydrogen-bond acceptors (Lipinski definition) is 6. The molecule has 146 valence electrons. The summed E-state index contributed by atoms with van der Waals surface area (Å²) in [6, 6.07) is 2.69. The van der Waals surface area contributed by atoms with Gasteiger partial charge in [-0.1, -0.05) is 0 Å². The number of nitro benzene ring substituents is 1. The normalized spacial score (nSPS) is 18.6. The molecule has 1 aromatic carbocycles. The van der Waals surface area contributed by atoms with Crippen molar-refractivity contribution >= 4 is 5.69 Å². The van der Waals surface area contributed by atoms with Gasteiger partial charge < -0.3 is 14.8 Å². The average molecular weight is 377 g/mol. The fraction of sp³-hybridized carbons (Fsp3) is 0.625. The van der Waals surface area contributed by atoms with Crippen molar-refractivity contribution in [2.24, 2.45) is 0 Å². The largest absolute Gasteiger partial charge is 0.493 e. The van der Waals surface area contributed by atoms with Crippen LogP contribution in [-0.4, -0.2) is 55.9 Å². The number of benzene rings is 1. The first-order chi connectivity index (χ1) is 12.2. The van der Waals surface area contributed by atoms with E-state index >= 15 is 0 Å². The molecule has 2 rings (SSSR count). The van der Waals surface area contributed by atoms with Crippen molar-refractivity contribution in [3.8, 4) is 11.5 Å². The summed E-state index contributed by atoms with van der Waals surface area (Å²) in [6.45, 7) is 0.298. The zero-order valence-corrected chi connectivity index (χ0v) is 14.6. The summed E-state index contributed by atoms with van der Waals surface area (Å²) >= 11 is 0. The number of halogens is 3. The van der Waals surface area contributed by atoms with E-state index in [2.05, 4.69) is 15.0 Å². The van der Waals surface area contributed by atoms with E-state index in [1.54, 1.807) is 0 Å². The molecule has 0 aromatic heterocycles. The highest BCUT2D eigenvalue weighted by Gasteiger charge is 2.30. The van der Waals surface area contributed by atoms with Gasteiger partial charge in [0.25, 0.3) is 5.69 Å². The average Bonchev–Trinajstić information content (AvgIpc) is 2.59. The van der Waals surface area contributed by atoms with Crippen molar-refractivity contribution < 1.29 is 27.6 Å². The number of nitrogens with zero attached hydrogens (tertiary/aromatic N) is 2. The number of nitro groups is 1. The molecule has 1 fully saturated rings. The molecule has 10 heteroatoms. The standard InChI is InChI=1S/C16H22F3N3O4/c1-20-12-4-3-5-21(9-12)8-11-6-14(25-2)15(7-13(11)22(23)24)26-10-16(17,18)19/h6-7,12,20H,3-5,8-10H2,1-2H3. The van der Waals surface area contributed by atoms with Crippen LogP contribution in [0.4, 0.5) is 18.9 Å². The Hall–Kier alpha value is -2.07. The zero-order valence-electron chi connectivity index (χ0n) is 14.6. The second-order valence-corrected chi connectivity index (χ2v) is 6.16. The van der Waals surface area contributed by atoms with Crippen LogP contribution in [0.15, 0.2) is 12.1 Å². The Bertz CT molecular complexity index is 640. The quantitative estimate of drug-likeness (QED) is 0.582. The van der Waals surface area contributed by atoms with Crippen LogP contribution in [0.25, 0.3) is 0 Å². The molecule has 0 radical (unpaired) electrons. The number of ether oxygens (including phenoxy) is 2. The lowest BCUT2D eigenvalue weighted by molar-refractivity contribution is -0.385. The number of likely N-dealkylation sites (N-methyl/N-ethyl adjacent to an activating group) is 1. The molecule has 1 unspecified atom stereocenters. The Morgan fingerprint density at radius 3 is 2.69 bits per heavy atom. The van der Waals surface area contributed by atoms with E-state index in [4.69, 9.17) is 4.74 Å². The molecule has 0 amide bonds. The van der Waals surface area contributed by atoms with Crippen molar-refractivity contribution in [3.05, 3.63) is 27.8 Å². The van der Waals surface area contributed by atoms with Crippen molar-refractivity contribution in [2.45, 2.75) is 31.6 Å². The first-order valence-corrected chi connectivity index (χ1v) is 8.18. The van der Waals surface area contributed by atoms with Crippen molar-refractivity contribution in [1.29, 1.82) is 0 Å². The molecule has 0 saturated carbocycles. The Morgan fingerprint density at radius 1 is 1.38 bits per heavy atom. The van der Waals surface area contributed by atoms with Crippen molar-refractivity contribution in [3.63, 3.8) is 0 Å². The second-order valence-electron chi connectivity index (χ2n) is 6.16. The van der Waals surface area contributed by atoms with Crippen LogP contribution in [0.1, 0.15) is 18.4 Å². The van der Waals surface area contributed by atoms with Gasteiger partial charge in [0.05, 0.1) is 18.1 Å². The van der Waals surface area contributed by atoms with Gasteiger partial charge in [-0.3, -0.25) is 15.0 Å². The summed E-state index contributed by atoms with van der Waals surface area (Å²) in [7, 11) is 3.15. The highest BCUT2D eigenvalue weighted by molar-refractivity contribution is 5.54. The first-order valence-electron chi connectivity index (χ1n) is 8.18. The Balaban J connectivity index is 2.26. The van der Waals surface area contributed by atoms with Crippen LogP contribution < -0.4 is 14.8 Å². The summed E-state index contributed by atoms with van der Waals surface area (Å²) in [4.78, 5) is 12.8. The third kappa shape index (κ3) is 5.46. The number of piperidine rings is 1. The number of hydrogen-bond donors (Lipinski definition) is 1. The number of nitrogens with one attached hydrogen (secondary N) is 1. The van der Waals surface area contributed by atoms with E-state index in [9.17, 15) is 23.3 Å².